The van der Waals surface area contributed by atoms with E-state index in [9.17, 15) is 4.79 Å². The highest BCUT2D eigenvalue weighted by molar-refractivity contribution is 5.59. The summed E-state index contributed by atoms with van der Waals surface area (Å²) in [5.41, 5.74) is 1.16. The van der Waals surface area contributed by atoms with Crippen LogP contribution in [0.3, 0.4) is 0 Å². The zero-order valence-electron chi connectivity index (χ0n) is 13.1. The molecule has 5 nitrogen and oxygen atoms in total. The molecule has 0 aromatic heterocycles. The topological polar surface area (TPSA) is 56.8 Å². The van der Waals surface area contributed by atoms with Crippen LogP contribution < -0.4 is 5.32 Å². The summed E-state index contributed by atoms with van der Waals surface area (Å²) in [5, 5.41) is 2.95. The normalized spacial score (nSPS) is 22.6. The maximum atomic E-state index is 11.2. The van der Waals surface area contributed by atoms with E-state index < -0.39 is 5.91 Å². The summed E-state index contributed by atoms with van der Waals surface area (Å²) in [4.78, 5) is 11.2. The van der Waals surface area contributed by atoms with Crippen LogP contribution in [0.1, 0.15) is 25.3 Å². The molecule has 1 aromatic carbocycles. The minimum Gasteiger partial charge on any atom is -0.376 e. The Morgan fingerprint density at radius 3 is 2.82 bits per heavy atom. The second-order valence-electron chi connectivity index (χ2n) is 5.53. The summed E-state index contributed by atoms with van der Waals surface area (Å²) < 4.78 is 16.8. The molecule has 2 rings (SSSR count). The lowest BCUT2D eigenvalue weighted by molar-refractivity contribution is -0.214. The molecule has 0 aliphatic carbocycles. The van der Waals surface area contributed by atoms with E-state index in [4.69, 9.17) is 14.2 Å². The fourth-order valence-electron chi connectivity index (χ4n) is 2.46. The van der Waals surface area contributed by atoms with Crippen LogP contribution >= 0.6 is 0 Å². The van der Waals surface area contributed by atoms with Gasteiger partial charge in [0.05, 0.1) is 26.4 Å². The Morgan fingerprint density at radius 1 is 1.36 bits per heavy atom. The Kier molecular flexibility index (Phi) is 6.99. The number of benzene rings is 1. The van der Waals surface area contributed by atoms with Gasteiger partial charge in [-0.15, -0.1) is 0 Å². The molecule has 1 heterocycles. The molecule has 0 bridgehead atoms. The van der Waals surface area contributed by atoms with Crippen LogP contribution in [0, 0.1) is 5.92 Å². The van der Waals surface area contributed by atoms with Crippen molar-refractivity contribution in [1.82, 2.24) is 5.32 Å². The molecule has 22 heavy (non-hydrogen) atoms. The minimum absolute atomic E-state index is 0.247. The number of ether oxygens (including phenoxy) is 3. The van der Waals surface area contributed by atoms with Gasteiger partial charge in [-0.25, -0.2) is 0 Å². The maximum absolute atomic E-state index is 11.2. The van der Waals surface area contributed by atoms with E-state index in [0.29, 0.717) is 39.3 Å². The predicted molar refractivity (Wildman–Crippen MR) is 83.2 cm³/mol. The van der Waals surface area contributed by atoms with Gasteiger partial charge in [0.25, 0.3) is 5.91 Å². The van der Waals surface area contributed by atoms with Crippen molar-refractivity contribution in [2.45, 2.75) is 32.3 Å². The van der Waals surface area contributed by atoms with Crippen LogP contribution in [0.15, 0.2) is 30.3 Å². The van der Waals surface area contributed by atoms with Gasteiger partial charge in [-0.2, -0.15) is 0 Å². The Balaban J connectivity index is 1.75. The lowest BCUT2D eigenvalue weighted by atomic mass is 10.1. The van der Waals surface area contributed by atoms with Crippen molar-refractivity contribution in [3.8, 4) is 0 Å². The number of rotatable bonds is 10. The number of nitrogens with one attached hydrogen (secondary N) is 1. The third-order valence-corrected chi connectivity index (χ3v) is 3.64. The third-order valence-electron chi connectivity index (χ3n) is 3.64. The highest BCUT2D eigenvalue weighted by Gasteiger charge is 2.36. The average molecular weight is 307 g/mol. The molecule has 1 fully saturated rings. The lowest BCUT2D eigenvalue weighted by Crippen LogP contribution is -2.46. The van der Waals surface area contributed by atoms with Crippen molar-refractivity contribution in [3.63, 3.8) is 0 Å². The van der Waals surface area contributed by atoms with Crippen LogP contribution in [0.25, 0.3) is 0 Å². The van der Waals surface area contributed by atoms with Gasteiger partial charge in [0, 0.05) is 12.5 Å². The summed E-state index contributed by atoms with van der Waals surface area (Å²) in [6, 6.07) is 10.1. The molecule has 2 atom stereocenters. The largest absolute Gasteiger partial charge is 0.376 e. The maximum Gasteiger partial charge on any atom is 0.287 e. The second-order valence-corrected chi connectivity index (χ2v) is 5.53. The SMILES string of the molecule is CCC[C@@H](COCc1ccccc1)COC1(C=O)NCCO1. The molecule has 0 saturated carbocycles. The van der Waals surface area contributed by atoms with Gasteiger partial charge in [-0.1, -0.05) is 43.7 Å². The Labute approximate surface area is 131 Å². The first-order chi connectivity index (χ1) is 10.8. The molecule has 1 aliphatic rings. The summed E-state index contributed by atoms with van der Waals surface area (Å²) in [7, 11) is 0. The van der Waals surface area contributed by atoms with E-state index in [-0.39, 0.29) is 5.92 Å². The van der Waals surface area contributed by atoms with E-state index in [0.717, 1.165) is 18.4 Å². The van der Waals surface area contributed by atoms with Crippen molar-refractivity contribution in [2.75, 3.05) is 26.4 Å². The number of hydrogen-bond acceptors (Lipinski definition) is 5. The Hall–Kier alpha value is -1.27. The molecule has 1 aliphatic heterocycles. The highest BCUT2D eigenvalue weighted by Crippen LogP contribution is 2.16. The van der Waals surface area contributed by atoms with Crippen molar-refractivity contribution in [2.24, 2.45) is 5.92 Å². The van der Waals surface area contributed by atoms with Crippen LogP contribution in [0.5, 0.6) is 0 Å². The quantitative estimate of drug-likeness (QED) is 0.671. The Bertz CT molecular complexity index is 432. The van der Waals surface area contributed by atoms with Gasteiger partial charge in [0.2, 0.25) is 0 Å². The molecule has 5 heteroatoms. The van der Waals surface area contributed by atoms with Gasteiger partial charge in [0.1, 0.15) is 0 Å². The first-order valence-electron chi connectivity index (χ1n) is 7.89. The first-order valence-corrected chi connectivity index (χ1v) is 7.89. The molecule has 0 spiro atoms. The average Bonchev–Trinajstić information content (AvgIpc) is 3.03. The van der Waals surface area contributed by atoms with E-state index >= 15 is 0 Å². The summed E-state index contributed by atoms with van der Waals surface area (Å²) in [6.45, 7) is 4.88. The number of carbonyl (C=O) groups excluding carboxylic acids is 1. The van der Waals surface area contributed by atoms with Crippen molar-refractivity contribution >= 4 is 6.29 Å². The van der Waals surface area contributed by atoms with Gasteiger partial charge in [-0.05, 0) is 12.0 Å². The fraction of sp³-hybridized carbons (Fsp3) is 0.588. The second kappa shape index (κ2) is 9.00. The predicted octanol–water partition coefficient (Wildman–Crippen LogP) is 2.11. The Morgan fingerprint density at radius 2 is 2.18 bits per heavy atom. The minimum atomic E-state index is -1.26. The van der Waals surface area contributed by atoms with E-state index in [1.165, 1.54) is 0 Å². The van der Waals surface area contributed by atoms with Gasteiger partial charge < -0.3 is 14.2 Å². The smallest absolute Gasteiger partial charge is 0.287 e. The van der Waals surface area contributed by atoms with Gasteiger partial charge >= 0.3 is 0 Å². The fourth-order valence-corrected chi connectivity index (χ4v) is 2.46. The van der Waals surface area contributed by atoms with Crippen LogP contribution in [0.2, 0.25) is 0 Å². The zero-order valence-corrected chi connectivity index (χ0v) is 13.1. The lowest BCUT2D eigenvalue weighted by Gasteiger charge is -2.25. The number of hydrogen-bond donors (Lipinski definition) is 1. The number of aldehydes is 1. The van der Waals surface area contributed by atoms with Crippen LogP contribution in [0.4, 0.5) is 0 Å². The molecule has 1 aromatic rings. The molecule has 1 N–H and O–H groups in total. The van der Waals surface area contributed by atoms with Crippen molar-refractivity contribution < 1.29 is 19.0 Å². The van der Waals surface area contributed by atoms with E-state index in [1.54, 1.807) is 0 Å². The van der Waals surface area contributed by atoms with Gasteiger partial charge in [0.15, 0.2) is 6.29 Å². The zero-order chi connectivity index (χ0) is 15.7. The summed E-state index contributed by atoms with van der Waals surface area (Å²) in [6.07, 6.45) is 2.72. The van der Waals surface area contributed by atoms with Crippen molar-refractivity contribution in [1.29, 1.82) is 0 Å². The van der Waals surface area contributed by atoms with Crippen LogP contribution in [-0.2, 0) is 25.6 Å². The van der Waals surface area contributed by atoms with Crippen molar-refractivity contribution in [3.05, 3.63) is 35.9 Å². The van der Waals surface area contributed by atoms with E-state index in [1.807, 2.05) is 30.3 Å². The third kappa shape index (κ3) is 5.18. The molecular formula is C17H25NO4. The molecule has 1 unspecified atom stereocenters. The summed E-state index contributed by atoms with van der Waals surface area (Å²) >= 11 is 0. The molecule has 122 valence electrons. The molecule has 1 saturated heterocycles. The van der Waals surface area contributed by atoms with Crippen LogP contribution in [-0.4, -0.2) is 38.6 Å². The molecule has 0 radical (unpaired) electrons. The monoisotopic (exact) mass is 307 g/mol. The standard InChI is InChI=1S/C17H25NO4/c1-2-6-16(12-20-11-15-7-4-3-5-8-15)13-22-17(14-19)18-9-10-21-17/h3-5,7-8,14,16,18H,2,6,9-13H2,1H3/t16-,17?/m0/s1. The van der Waals surface area contributed by atoms with E-state index in [2.05, 4.69) is 12.2 Å². The first kappa shape index (κ1) is 17.1. The van der Waals surface area contributed by atoms with Gasteiger partial charge in [-0.3, -0.25) is 10.1 Å². The summed E-state index contributed by atoms with van der Waals surface area (Å²) in [5.74, 6) is -1.01. The molecule has 0 amide bonds. The molecular weight excluding hydrogens is 282 g/mol. The highest BCUT2D eigenvalue weighted by atomic mass is 16.7. The number of carbonyl (C=O) groups is 1.